The molecule has 37 heavy (non-hydrogen) atoms. The molecule has 2 aromatic heterocycles. The molecule has 1 aliphatic rings. The molecule has 0 aliphatic carbocycles. The highest BCUT2D eigenvalue weighted by atomic mass is 19.1. The standard InChI is InChI=1S/C24H23F2N7O4/c1-32-22(28-11-29-32)19-20-18-16(23(34)31-30-20)9-15(26)10-17(18)33(12-37-24(35)27-7-8-36-2)21(19)13-3-5-14(25)6-4-13/h3-6,9-11,19,21H,7-8,12H2,1-2H3,(H,27,35)(H,31,34)/t19-,21+/m0/s1. The Labute approximate surface area is 209 Å². The van der Waals surface area contributed by atoms with Gasteiger partial charge in [-0.25, -0.2) is 23.7 Å². The van der Waals surface area contributed by atoms with Crippen molar-refractivity contribution in [3.63, 3.8) is 0 Å². The minimum atomic E-state index is -0.715. The molecule has 0 radical (unpaired) electrons. The Bertz CT molecular complexity index is 1510. The molecule has 11 nitrogen and oxygen atoms in total. The lowest BCUT2D eigenvalue weighted by atomic mass is 9.82. The number of ether oxygens (including phenoxy) is 2. The van der Waals surface area contributed by atoms with Gasteiger partial charge in [-0.2, -0.15) is 10.2 Å². The van der Waals surface area contributed by atoms with Crippen LogP contribution >= 0.6 is 0 Å². The predicted octanol–water partition coefficient (Wildman–Crippen LogP) is 2.35. The molecule has 0 spiro atoms. The lowest BCUT2D eigenvalue weighted by Crippen LogP contribution is -2.42. The van der Waals surface area contributed by atoms with Crippen LogP contribution in [0.4, 0.5) is 19.3 Å². The number of nitrogens with one attached hydrogen (secondary N) is 2. The van der Waals surface area contributed by atoms with Crippen molar-refractivity contribution < 1.29 is 23.0 Å². The van der Waals surface area contributed by atoms with Crippen LogP contribution in [-0.4, -0.2) is 58.0 Å². The number of alkyl carbamates (subject to hydrolysis) is 1. The molecule has 4 aromatic rings. The van der Waals surface area contributed by atoms with E-state index in [1.54, 1.807) is 28.8 Å². The molecule has 3 heterocycles. The van der Waals surface area contributed by atoms with Crippen molar-refractivity contribution in [3.05, 3.63) is 81.8 Å². The van der Waals surface area contributed by atoms with Crippen molar-refractivity contribution in [2.45, 2.75) is 12.0 Å². The van der Waals surface area contributed by atoms with Gasteiger partial charge in [-0.3, -0.25) is 9.48 Å². The number of hydrogen-bond acceptors (Lipinski definition) is 8. The van der Waals surface area contributed by atoms with Gasteiger partial charge >= 0.3 is 6.09 Å². The summed E-state index contributed by atoms with van der Waals surface area (Å²) in [5.41, 5.74) is 0.764. The molecule has 2 N–H and O–H groups in total. The number of hydrogen-bond donors (Lipinski definition) is 2. The zero-order chi connectivity index (χ0) is 26.1. The van der Waals surface area contributed by atoms with Crippen molar-refractivity contribution in [3.8, 4) is 0 Å². The summed E-state index contributed by atoms with van der Waals surface area (Å²) in [6, 6.07) is 7.47. The molecule has 2 atom stereocenters. The van der Waals surface area contributed by atoms with Gasteiger partial charge < -0.3 is 19.7 Å². The molecule has 0 fully saturated rings. The summed E-state index contributed by atoms with van der Waals surface area (Å²) in [4.78, 5) is 31.1. The highest BCUT2D eigenvalue weighted by Crippen LogP contribution is 2.49. The van der Waals surface area contributed by atoms with E-state index in [9.17, 15) is 18.4 Å². The van der Waals surface area contributed by atoms with Gasteiger partial charge in [0.25, 0.3) is 5.56 Å². The van der Waals surface area contributed by atoms with Crippen molar-refractivity contribution in [2.24, 2.45) is 7.05 Å². The first-order valence-corrected chi connectivity index (χ1v) is 11.4. The summed E-state index contributed by atoms with van der Waals surface area (Å²) in [5.74, 6) is -1.27. The molecule has 1 aliphatic heterocycles. The first-order chi connectivity index (χ1) is 17.9. The number of methoxy groups -OCH3 is 1. The van der Waals surface area contributed by atoms with Crippen LogP contribution in [0.5, 0.6) is 0 Å². The number of carbonyl (C=O) groups is 1. The maximum atomic E-state index is 14.8. The Morgan fingerprint density at radius 1 is 1.19 bits per heavy atom. The van der Waals surface area contributed by atoms with Gasteiger partial charge in [-0.15, -0.1) is 0 Å². The Kier molecular flexibility index (Phi) is 6.53. The van der Waals surface area contributed by atoms with Crippen LogP contribution in [0.2, 0.25) is 0 Å². The van der Waals surface area contributed by atoms with Crippen LogP contribution in [0.15, 0.2) is 47.5 Å². The quantitative estimate of drug-likeness (QED) is 0.362. The lowest BCUT2D eigenvalue weighted by Gasteiger charge is -2.42. The van der Waals surface area contributed by atoms with Crippen molar-refractivity contribution in [2.75, 3.05) is 31.9 Å². The SMILES string of the molecule is COCCNC(=O)OCN1c2cc(F)cc3c(=O)[nH]nc(c23)[C@H](c2ncnn2C)[C@H]1c1ccc(F)cc1. The van der Waals surface area contributed by atoms with Crippen LogP contribution in [-0.2, 0) is 16.5 Å². The van der Waals surface area contributed by atoms with Crippen LogP contribution in [0.3, 0.4) is 0 Å². The number of H-pyrrole nitrogens is 1. The second-order valence-electron chi connectivity index (χ2n) is 8.45. The third-order valence-corrected chi connectivity index (χ3v) is 6.26. The smallest absolute Gasteiger partial charge is 0.408 e. The fraction of sp³-hybridized carbons (Fsp3) is 0.292. The van der Waals surface area contributed by atoms with E-state index in [1.165, 1.54) is 31.6 Å². The van der Waals surface area contributed by atoms with Crippen LogP contribution in [0.1, 0.15) is 29.0 Å². The van der Waals surface area contributed by atoms with Crippen molar-refractivity contribution in [1.29, 1.82) is 0 Å². The fourth-order valence-corrected chi connectivity index (χ4v) is 4.67. The highest BCUT2D eigenvalue weighted by molar-refractivity contribution is 5.98. The van der Waals surface area contributed by atoms with E-state index in [0.717, 1.165) is 6.07 Å². The average Bonchev–Trinajstić information content (AvgIpc) is 3.30. The molecule has 0 bridgehead atoms. The molecule has 1 amide bonds. The van der Waals surface area contributed by atoms with E-state index >= 15 is 0 Å². The van der Waals surface area contributed by atoms with E-state index in [4.69, 9.17) is 9.47 Å². The summed E-state index contributed by atoms with van der Waals surface area (Å²) < 4.78 is 40.7. The first-order valence-electron chi connectivity index (χ1n) is 11.4. The Morgan fingerprint density at radius 2 is 1.97 bits per heavy atom. The summed E-state index contributed by atoms with van der Waals surface area (Å²) in [6.07, 6.45) is 0.664. The number of benzene rings is 2. The zero-order valence-corrected chi connectivity index (χ0v) is 19.9. The van der Waals surface area contributed by atoms with Gasteiger partial charge in [0.05, 0.1) is 35.3 Å². The van der Waals surface area contributed by atoms with Gasteiger partial charge in [0.1, 0.15) is 23.8 Å². The van der Waals surface area contributed by atoms with Crippen molar-refractivity contribution >= 4 is 22.6 Å². The zero-order valence-electron chi connectivity index (χ0n) is 19.9. The minimum absolute atomic E-state index is 0.0827. The Hall–Kier alpha value is -4.39. The number of aromatic amines is 1. The third-order valence-electron chi connectivity index (χ3n) is 6.26. The molecule has 0 saturated heterocycles. The predicted molar refractivity (Wildman–Crippen MR) is 128 cm³/mol. The van der Waals surface area contributed by atoms with Gasteiger partial charge in [-0.05, 0) is 29.8 Å². The highest BCUT2D eigenvalue weighted by Gasteiger charge is 2.42. The summed E-state index contributed by atoms with van der Waals surface area (Å²) in [7, 11) is 3.21. The van der Waals surface area contributed by atoms with E-state index < -0.39 is 35.2 Å². The summed E-state index contributed by atoms with van der Waals surface area (Å²) in [6.45, 7) is 0.197. The number of aromatic nitrogens is 5. The average molecular weight is 511 g/mol. The fourth-order valence-electron chi connectivity index (χ4n) is 4.67. The van der Waals surface area contributed by atoms with Crippen molar-refractivity contribution in [1.82, 2.24) is 30.3 Å². The van der Waals surface area contributed by atoms with E-state index in [-0.39, 0.29) is 25.3 Å². The summed E-state index contributed by atoms with van der Waals surface area (Å²) in [5, 5.41) is 14.0. The maximum absolute atomic E-state index is 14.8. The molecular formula is C24H23F2N7O4. The molecule has 5 rings (SSSR count). The number of carbonyl (C=O) groups excluding carboxylic acids is 1. The lowest BCUT2D eigenvalue weighted by molar-refractivity contribution is 0.135. The first kappa shape index (κ1) is 24.3. The largest absolute Gasteiger partial charge is 0.428 e. The molecule has 192 valence electrons. The number of nitrogens with zero attached hydrogens (tertiary/aromatic N) is 5. The number of rotatable bonds is 7. The maximum Gasteiger partial charge on any atom is 0.408 e. The molecule has 2 aromatic carbocycles. The van der Waals surface area contributed by atoms with Gasteiger partial charge in [-0.1, -0.05) is 12.1 Å². The van der Waals surface area contributed by atoms with Crippen LogP contribution in [0.25, 0.3) is 10.8 Å². The molecule has 0 saturated carbocycles. The van der Waals surface area contributed by atoms with E-state index in [2.05, 4.69) is 25.6 Å². The van der Waals surface area contributed by atoms with E-state index in [1.807, 2.05) is 0 Å². The topological polar surface area (TPSA) is 127 Å². The number of aryl methyl sites for hydroxylation is 1. The second kappa shape index (κ2) is 9.93. The Balaban J connectivity index is 1.71. The normalized spacial score (nSPS) is 16.7. The Morgan fingerprint density at radius 3 is 2.68 bits per heavy atom. The minimum Gasteiger partial charge on any atom is -0.428 e. The second-order valence-corrected chi connectivity index (χ2v) is 8.45. The number of amides is 1. The van der Waals surface area contributed by atoms with Gasteiger partial charge in [0, 0.05) is 26.1 Å². The van der Waals surface area contributed by atoms with Gasteiger partial charge in [0.15, 0.2) is 6.73 Å². The number of anilines is 1. The monoisotopic (exact) mass is 511 g/mol. The molecular weight excluding hydrogens is 488 g/mol. The van der Waals surface area contributed by atoms with Gasteiger partial charge in [0.2, 0.25) is 0 Å². The molecule has 13 heteroatoms. The molecule has 0 unspecified atom stereocenters. The number of halogens is 2. The third kappa shape index (κ3) is 4.48. The van der Waals surface area contributed by atoms with Crippen LogP contribution < -0.4 is 15.8 Å². The van der Waals surface area contributed by atoms with Crippen LogP contribution in [0, 0.1) is 11.6 Å². The van der Waals surface area contributed by atoms with E-state index in [0.29, 0.717) is 28.2 Å². The summed E-state index contributed by atoms with van der Waals surface area (Å²) >= 11 is 0.